The van der Waals surface area contributed by atoms with Crippen molar-refractivity contribution in [2.45, 2.75) is 37.6 Å². The predicted octanol–water partition coefficient (Wildman–Crippen LogP) is 2.27. The first kappa shape index (κ1) is 17.2. The third kappa shape index (κ3) is 4.00. The van der Waals surface area contributed by atoms with E-state index in [-0.39, 0.29) is 29.3 Å². The van der Waals surface area contributed by atoms with Crippen LogP contribution in [-0.2, 0) is 14.8 Å². The largest absolute Gasteiger partial charge is 0.354 e. The maximum atomic E-state index is 12.6. The zero-order chi connectivity index (χ0) is 16.3. The van der Waals surface area contributed by atoms with Gasteiger partial charge in [-0.1, -0.05) is 11.6 Å². The standard InChI is InChI=1S/C15H21ClN2O3S/c1-11(2)17-15(19)12-4-3-9-18(10-12)22(20,21)14-7-5-13(16)6-8-14/h5-8,11-12H,3-4,9-10H2,1-2H3,(H,17,19). The van der Waals surface area contributed by atoms with Crippen LogP contribution in [0.5, 0.6) is 0 Å². The molecular formula is C15H21ClN2O3S. The number of halogens is 1. The number of nitrogens with zero attached hydrogens (tertiary/aromatic N) is 1. The van der Waals surface area contributed by atoms with Crippen molar-refractivity contribution in [3.63, 3.8) is 0 Å². The van der Waals surface area contributed by atoms with Crippen LogP contribution in [0.2, 0.25) is 5.02 Å². The minimum atomic E-state index is -3.58. The van der Waals surface area contributed by atoms with Crippen LogP contribution in [0.15, 0.2) is 29.2 Å². The minimum absolute atomic E-state index is 0.0516. The van der Waals surface area contributed by atoms with Crippen molar-refractivity contribution in [3.8, 4) is 0 Å². The Kier molecular flexibility index (Phi) is 5.47. The monoisotopic (exact) mass is 344 g/mol. The Balaban J connectivity index is 2.14. The number of amides is 1. The van der Waals surface area contributed by atoms with Gasteiger partial charge >= 0.3 is 0 Å². The molecule has 1 aromatic carbocycles. The number of carbonyl (C=O) groups is 1. The average Bonchev–Trinajstić information content (AvgIpc) is 2.47. The number of rotatable bonds is 4. The van der Waals surface area contributed by atoms with Crippen molar-refractivity contribution in [3.05, 3.63) is 29.3 Å². The van der Waals surface area contributed by atoms with Gasteiger partial charge in [-0.25, -0.2) is 8.42 Å². The zero-order valence-electron chi connectivity index (χ0n) is 12.8. The van der Waals surface area contributed by atoms with Crippen LogP contribution in [0.3, 0.4) is 0 Å². The molecule has 2 rings (SSSR count). The molecule has 0 saturated carbocycles. The van der Waals surface area contributed by atoms with E-state index >= 15 is 0 Å². The van der Waals surface area contributed by atoms with E-state index in [4.69, 9.17) is 11.6 Å². The Morgan fingerprint density at radius 3 is 2.55 bits per heavy atom. The molecule has 0 aromatic heterocycles. The summed E-state index contributed by atoms with van der Waals surface area (Å²) in [5.74, 6) is -0.371. The maximum absolute atomic E-state index is 12.6. The fourth-order valence-electron chi connectivity index (χ4n) is 2.53. The van der Waals surface area contributed by atoms with Crippen molar-refractivity contribution < 1.29 is 13.2 Å². The number of hydrogen-bond donors (Lipinski definition) is 1. The summed E-state index contributed by atoms with van der Waals surface area (Å²) >= 11 is 5.80. The van der Waals surface area contributed by atoms with E-state index in [1.165, 1.54) is 16.4 Å². The lowest BCUT2D eigenvalue weighted by atomic mass is 9.98. The number of benzene rings is 1. The van der Waals surface area contributed by atoms with Crippen molar-refractivity contribution in [2.24, 2.45) is 5.92 Å². The fraction of sp³-hybridized carbons (Fsp3) is 0.533. The second-order valence-corrected chi connectivity index (χ2v) is 8.19. The molecule has 1 aliphatic rings. The van der Waals surface area contributed by atoms with Crippen LogP contribution in [0.4, 0.5) is 0 Å². The normalized spacial score (nSPS) is 20.1. The van der Waals surface area contributed by atoms with Gasteiger partial charge in [0.25, 0.3) is 0 Å². The van der Waals surface area contributed by atoms with E-state index in [1.54, 1.807) is 12.1 Å². The molecule has 122 valence electrons. The SMILES string of the molecule is CC(C)NC(=O)C1CCCN(S(=O)(=O)c2ccc(Cl)cc2)C1. The molecule has 7 heteroatoms. The Bertz CT molecular complexity index is 629. The van der Waals surface area contributed by atoms with Gasteiger partial charge in [0, 0.05) is 24.2 Å². The molecule has 0 spiro atoms. The summed E-state index contributed by atoms with van der Waals surface area (Å²) in [7, 11) is -3.58. The van der Waals surface area contributed by atoms with Crippen LogP contribution in [0, 0.1) is 5.92 Å². The highest BCUT2D eigenvalue weighted by Crippen LogP contribution is 2.24. The van der Waals surface area contributed by atoms with Crippen molar-refractivity contribution in [1.29, 1.82) is 0 Å². The first-order valence-corrected chi connectivity index (χ1v) is 9.18. The van der Waals surface area contributed by atoms with E-state index in [2.05, 4.69) is 5.32 Å². The second kappa shape index (κ2) is 6.98. The summed E-state index contributed by atoms with van der Waals surface area (Å²) in [6.07, 6.45) is 1.40. The van der Waals surface area contributed by atoms with E-state index in [9.17, 15) is 13.2 Å². The van der Waals surface area contributed by atoms with Crippen molar-refractivity contribution in [1.82, 2.24) is 9.62 Å². The summed E-state index contributed by atoms with van der Waals surface area (Å²) in [5.41, 5.74) is 0. The summed E-state index contributed by atoms with van der Waals surface area (Å²) in [5, 5.41) is 3.35. The van der Waals surface area contributed by atoms with E-state index in [0.717, 1.165) is 0 Å². The molecule has 1 fully saturated rings. The Morgan fingerprint density at radius 2 is 1.95 bits per heavy atom. The molecule has 1 heterocycles. The molecular weight excluding hydrogens is 324 g/mol. The van der Waals surface area contributed by atoms with Crippen LogP contribution in [0.25, 0.3) is 0 Å². The maximum Gasteiger partial charge on any atom is 0.243 e. The van der Waals surface area contributed by atoms with Crippen LogP contribution in [-0.4, -0.2) is 37.8 Å². The van der Waals surface area contributed by atoms with E-state index < -0.39 is 10.0 Å². The Labute approximate surface area is 136 Å². The molecule has 1 atom stereocenters. The lowest BCUT2D eigenvalue weighted by Crippen LogP contribution is -2.46. The molecule has 1 aromatic rings. The van der Waals surface area contributed by atoms with Gasteiger partial charge in [-0.05, 0) is 51.0 Å². The Morgan fingerprint density at radius 1 is 1.32 bits per heavy atom. The fourth-order valence-corrected chi connectivity index (χ4v) is 4.18. The first-order chi connectivity index (χ1) is 10.3. The average molecular weight is 345 g/mol. The van der Waals surface area contributed by atoms with Gasteiger partial charge in [0.15, 0.2) is 0 Å². The summed E-state index contributed by atoms with van der Waals surface area (Å²) in [6.45, 7) is 4.45. The zero-order valence-corrected chi connectivity index (χ0v) is 14.3. The lowest BCUT2D eigenvalue weighted by Gasteiger charge is -2.31. The number of carbonyl (C=O) groups excluding carboxylic acids is 1. The molecule has 0 aliphatic carbocycles. The predicted molar refractivity (Wildman–Crippen MR) is 86.2 cm³/mol. The van der Waals surface area contributed by atoms with Crippen molar-refractivity contribution >= 4 is 27.5 Å². The molecule has 1 amide bonds. The van der Waals surface area contributed by atoms with Gasteiger partial charge in [-0.3, -0.25) is 4.79 Å². The van der Waals surface area contributed by atoms with Crippen LogP contribution in [0.1, 0.15) is 26.7 Å². The third-order valence-electron chi connectivity index (χ3n) is 3.64. The first-order valence-electron chi connectivity index (χ1n) is 7.37. The van der Waals surface area contributed by atoms with Crippen LogP contribution >= 0.6 is 11.6 Å². The second-order valence-electron chi connectivity index (χ2n) is 5.82. The Hall–Kier alpha value is -1.11. The highest BCUT2D eigenvalue weighted by atomic mass is 35.5. The van der Waals surface area contributed by atoms with Gasteiger partial charge in [0.05, 0.1) is 10.8 Å². The van der Waals surface area contributed by atoms with Crippen molar-refractivity contribution in [2.75, 3.05) is 13.1 Å². The molecule has 22 heavy (non-hydrogen) atoms. The molecule has 0 radical (unpaired) electrons. The van der Waals surface area contributed by atoms with Gasteiger partial charge in [-0.2, -0.15) is 4.31 Å². The quantitative estimate of drug-likeness (QED) is 0.911. The molecule has 5 nitrogen and oxygen atoms in total. The molecule has 1 aliphatic heterocycles. The van der Waals surface area contributed by atoms with E-state index in [1.807, 2.05) is 13.8 Å². The van der Waals surface area contributed by atoms with Crippen LogP contribution < -0.4 is 5.32 Å². The highest BCUT2D eigenvalue weighted by Gasteiger charge is 2.33. The number of sulfonamides is 1. The van der Waals surface area contributed by atoms with Gasteiger partial charge in [0.1, 0.15) is 0 Å². The molecule has 1 N–H and O–H groups in total. The molecule has 1 saturated heterocycles. The summed E-state index contributed by atoms with van der Waals surface area (Å²) in [6, 6.07) is 6.16. The third-order valence-corrected chi connectivity index (χ3v) is 5.77. The summed E-state index contributed by atoms with van der Waals surface area (Å²) < 4.78 is 26.7. The van der Waals surface area contributed by atoms with E-state index in [0.29, 0.717) is 24.4 Å². The minimum Gasteiger partial charge on any atom is -0.354 e. The highest BCUT2D eigenvalue weighted by molar-refractivity contribution is 7.89. The summed E-state index contributed by atoms with van der Waals surface area (Å²) in [4.78, 5) is 12.3. The number of hydrogen-bond acceptors (Lipinski definition) is 3. The number of nitrogens with one attached hydrogen (secondary N) is 1. The topological polar surface area (TPSA) is 66.5 Å². The number of piperidine rings is 1. The smallest absolute Gasteiger partial charge is 0.243 e. The van der Waals surface area contributed by atoms with Gasteiger partial charge in [-0.15, -0.1) is 0 Å². The molecule has 0 bridgehead atoms. The van der Waals surface area contributed by atoms with Gasteiger partial charge < -0.3 is 5.32 Å². The lowest BCUT2D eigenvalue weighted by molar-refractivity contribution is -0.126. The van der Waals surface area contributed by atoms with Gasteiger partial charge in [0.2, 0.25) is 15.9 Å². The molecule has 1 unspecified atom stereocenters.